The molecule has 37 heavy (non-hydrogen) atoms. The third-order valence-corrected chi connectivity index (χ3v) is 6.15. The lowest BCUT2D eigenvalue weighted by Crippen LogP contribution is -2.50. The summed E-state index contributed by atoms with van der Waals surface area (Å²) in [4.78, 5) is 43.3. The summed E-state index contributed by atoms with van der Waals surface area (Å²) in [6.45, 7) is -0.954. The van der Waals surface area contributed by atoms with Gasteiger partial charge in [0.15, 0.2) is 17.3 Å². The Morgan fingerprint density at radius 3 is 2.41 bits per heavy atom. The van der Waals surface area contributed by atoms with Crippen LogP contribution in [0.2, 0.25) is 0 Å². The first-order valence-corrected chi connectivity index (χ1v) is 11.2. The van der Waals surface area contributed by atoms with Gasteiger partial charge in [0.1, 0.15) is 5.82 Å². The number of amides is 3. The predicted octanol–water partition coefficient (Wildman–Crippen LogP) is 1.19. The van der Waals surface area contributed by atoms with E-state index in [0.29, 0.717) is 12.1 Å². The zero-order chi connectivity index (χ0) is 27.1. The van der Waals surface area contributed by atoms with Crippen LogP contribution in [0.5, 0.6) is 0 Å². The molecular weight excluding hydrogens is 510 g/mol. The number of nitrogens with one attached hydrogen (secondary N) is 1. The normalized spacial score (nSPS) is 16.9. The SMILES string of the molecule is NC(CC(=O)N1CCn2c(C(F)(F)F)nc(C(=O)N3CCNC(=O)C3)c2C1)Cc1cc(F)c(F)cc1F. The Balaban J connectivity index is 1.52. The number of aromatic nitrogens is 2. The molecule has 0 bridgehead atoms. The van der Waals surface area contributed by atoms with Gasteiger partial charge >= 0.3 is 6.18 Å². The summed E-state index contributed by atoms with van der Waals surface area (Å²) < 4.78 is 82.2. The van der Waals surface area contributed by atoms with Gasteiger partial charge in [-0.05, 0) is 18.1 Å². The molecule has 1 saturated heterocycles. The molecule has 3 heterocycles. The molecule has 0 saturated carbocycles. The molecule has 0 radical (unpaired) electrons. The number of rotatable bonds is 5. The summed E-state index contributed by atoms with van der Waals surface area (Å²) in [6, 6.07) is 0.0111. The van der Waals surface area contributed by atoms with Crippen molar-refractivity contribution in [3.8, 4) is 0 Å². The van der Waals surface area contributed by atoms with Crippen LogP contribution >= 0.6 is 0 Å². The molecule has 3 N–H and O–H groups in total. The van der Waals surface area contributed by atoms with E-state index in [0.717, 1.165) is 9.47 Å². The molecule has 1 atom stereocenters. The number of benzene rings is 1. The van der Waals surface area contributed by atoms with Crippen LogP contribution in [0.3, 0.4) is 0 Å². The monoisotopic (exact) mass is 532 g/mol. The summed E-state index contributed by atoms with van der Waals surface area (Å²) in [5, 5.41) is 2.51. The molecule has 4 rings (SSSR count). The van der Waals surface area contributed by atoms with Crippen LogP contribution in [0.4, 0.5) is 26.3 Å². The van der Waals surface area contributed by atoms with Crippen LogP contribution in [-0.4, -0.2) is 69.3 Å². The van der Waals surface area contributed by atoms with E-state index in [-0.39, 0.29) is 63.4 Å². The van der Waals surface area contributed by atoms with E-state index in [9.17, 15) is 40.7 Å². The minimum absolute atomic E-state index is 0.0796. The predicted molar refractivity (Wildman–Crippen MR) is 114 cm³/mol. The molecule has 0 aliphatic carbocycles. The van der Waals surface area contributed by atoms with Gasteiger partial charge in [0.25, 0.3) is 5.91 Å². The maximum absolute atomic E-state index is 13.9. The van der Waals surface area contributed by atoms with E-state index in [1.54, 1.807) is 0 Å². The molecule has 3 amide bonds. The maximum Gasteiger partial charge on any atom is 0.449 e. The van der Waals surface area contributed by atoms with Crippen LogP contribution in [0.15, 0.2) is 12.1 Å². The van der Waals surface area contributed by atoms with E-state index in [1.165, 1.54) is 4.90 Å². The minimum atomic E-state index is -4.87. The molecule has 1 unspecified atom stereocenters. The molecule has 2 aliphatic rings. The molecule has 1 aromatic heterocycles. The van der Waals surface area contributed by atoms with E-state index < -0.39 is 58.9 Å². The molecule has 15 heteroatoms. The second kappa shape index (κ2) is 10.0. The number of alkyl halides is 3. The molecule has 9 nitrogen and oxygen atoms in total. The zero-order valence-electron chi connectivity index (χ0n) is 19.2. The van der Waals surface area contributed by atoms with Crippen LogP contribution < -0.4 is 11.1 Å². The lowest BCUT2D eigenvalue weighted by Gasteiger charge is -2.31. The van der Waals surface area contributed by atoms with E-state index in [2.05, 4.69) is 10.3 Å². The van der Waals surface area contributed by atoms with Gasteiger partial charge in [-0.1, -0.05) is 0 Å². The second-order valence-corrected chi connectivity index (χ2v) is 8.80. The first-order chi connectivity index (χ1) is 17.3. The van der Waals surface area contributed by atoms with Crippen molar-refractivity contribution in [3.05, 3.63) is 52.4 Å². The van der Waals surface area contributed by atoms with Gasteiger partial charge in [0, 0.05) is 44.7 Å². The van der Waals surface area contributed by atoms with Gasteiger partial charge in [-0.25, -0.2) is 18.2 Å². The number of halogens is 6. The van der Waals surface area contributed by atoms with E-state index >= 15 is 0 Å². The number of hydrogen-bond acceptors (Lipinski definition) is 5. The van der Waals surface area contributed by atoms with Crippen molar-refractivity contribution in [1.82, 2.24) is 24.7 Å². The molecule has 0 spiro atoms. The largest absolute Gasteiger partial charge is 0.449 e. The number of hydrogen-bond donors (Lipinski definition) is 2. The van der Waals surface area contributed by atoms with Crippen LogP contribution in [0.25, 0.3) is 0 Å². The lowest BCUT2D eigenvalue weighted by atomic mass is 10.0. The molecule has 2 aliphatic heterocycles. The van der Waals surface area contributed by atoms with Crippen molar-refractivity contribution in [2.24, 2.45) is 5.73 Å². The Morgan fingerprint density at radius 2 is 1.73 bits per heavy atom. The fourth-order valence-corrected chi connectivity index (χ4v) is 4.36. The number of nitrogens with two attached hydrogens (primary N) is 1. The highest BCUT2D eigenvalue weighted by atomic mass is 19.4. The highest BCUT2D eigenvalue weighted by molar-refractivity contribution is 5.96. The molecular formula is C22H22F6N6O3. The number of carbonyl (C=O) groups is 3. The van der Waals surface area contributed by atoms with Crippen LogP contribution in [0.1, 0.15) is 34.0 Å². The Morgan fingerprint density at radius 1 is 1.03 bits per heavy atom. The number of carbonyl (C=O) groups excluding carboxylic acids is 3. The standard InChI is InChI=1S/C22H22F6N6O3/c23-13-8-15(25)14(24)6-11(13)5-12(29)7-18(36)32-3-4-34-16(9-32)19(31-21(34)22(26,27)28)20(37)33-2-1-30-17(35)10-33/h6,8,12H,1-5,7,9-10,29H2,(H,30,35). The minimum Gasteiger partial charge on any atom is -0.353 e. The molecule has 200 valence electrons. The third kappa shape index (κ3) is 5.55. The molecule has 1 fully saturated rings. The second-order valence-electron chi connectivity index (χ2n) is 8.80. The summed E-state index contributed by atoms with van der Waals surface area (Å²) in [7, 11) is 0. The average molecular weight is 532 g/mol. The van der Waals surface area contributed by atoms with E-state index in [1.807, 2.05) is 0 Å². The lowest BCUT2D eigenvalue weighted by molar-refractivity contribution is -0.148. The first-order valence-electron chi connectivity index (χ1n) is 11.2. The van der Waals surface area contributed by atoms with Crippen LogP contribution in [-0.2, 0) is 35.3 Å². The van der Waals surface area contributed by atoms with Gasteiger partial charge in [-0.2, -0.15) is 13.2 Å². The van der Waals surface area contributed by atoms with Crippen molar-refractivity contribution < 1.29 is 40.7 Å². The van der Waals surface area contributed by atoms with Crippen LogP contribution in [0, 0.1) is 17.5 Å². The summed E-state index contributed by atoms with van der Waals surface area (Å²) in [5.41, 5.74) is 5.04. The molecule has 2 aromatic rings. The van der Waals surface area contributed by atoms with E-state index in [4.69, 9.17) is 5.73 Å². The Bertz CT molecular complexity index is 1250. The van der Waals surface area contributed by atoms with Gasteiger partial charge in [-0.3, -0.25) is 14.4 Å². The summed E-state index contributed by atoms with van der Waals surface area (Å²) in [6.07, 6.45) is -5.52. The fraction of sp³-hybridized carbons (Fsp3) is 0.455. The smallest absolute Gasteiger partial charge is 0.353 e. The Hall–Kier alpha value is -3.62. The highest BCUT2D eigenvalue weighted by Gasteiger charge is 2.42. The number of nitrogens with zero attached hydrogens (tertiary/aromatic N) is 4. The fourth-order valence-electron chi connectivity index (χ4n) is 4.36. The van der Waals surface area contributed by atoms with Crippen molar-refractivity contribution in [2.75, 3.05) is 26.2 Å². The number of piperazine rings is 1. The Kier molecular flexibility index (Phi) is 7.17. The van der Waals surface area contributed by atoms with Crippen molar-refractivity contribution in [2.45, 2.75) is 38.1 Å². The highest BCUT2D eigenvalue weighted by Crippen LogP contribution is 2.33. The van der Waals surface area contributed by atoms with Gasteiger partial charge < -0.3 is 25.4 Å². The van der Waals surface area contributed by atoms with Crippen molar-refractivity contribution in [3.63, 3.8) is 0 Å². The average Bonchev–Trinajstić information content (AvgIpc) is 3.21. The quantitative estimate of drug-likeness (QED) is 0.444. The van der Waals surface area contributed by atoms with Gasteiger partial charge in [0.05, 0.1) is 18.8 Å². The zero-order valence-corrected chi connectivity index (χ0v) is 19.2. The summed E-state index contributed by atoms with van der Waals surface area (Å²) in [5.74, 6) is -6.89. The van der Waals surface area contributed by atoms with Crippen molar-refractivity contribution >= 4 is 17.7 Å². The number of fused-ring (bicyclic) bond motifs is 1. The summed E-state index contributed by atoms with van der Waals surface area (Å²) >= 11 is 0. The third-order valence-electron chi connectivity index (χ3n) is 6.15. The van der Waals surface area contributed by atoms with Gasteiger partial charge in [0.2, 0.25) is 17.6 Å². The van der Waals surface area contributed by atoms with Crippen molar-refractivity contribution in [1.29, 1.82) is 0 Å². The topological polar surface area (TPSA) is 114 Å². The van der Waals surface area contributed by atoms with Gasteiger partial charge in [-0.15, -0.1) is 0 Å². The number of imidazole rings is 1. The molecule has 1 aromatic carbocycles. The first kappa shape index (κ1) is 26.4. The Labute approximate surface area is 206 Å². The maximum atomic E-state index is 13.9.